The monoisotopic (exact) mass is 281 g/mol. The second-order valence-electron chi connectivity index (χ2n) is 6.09. The summed E-state index contributed by atoms with van der Waals surface area (Å²) in [6.07, 6.45) is 1.15. The number of benzene rings is 2. The Morgan fingerprint density at radius 3 is 2.52 bits per heavy atom. The summed E-state index contributed by atoms with van der Waals surface area (Å²) in [7, 11) is 0. The maximum Gasteiger partial charge on any atom is 0.135 e. The van der Waals surface area contributed by atoms with Crippen LogP contribution >= 0.6 is 0 Å². The first kappa shape index (κ1) is 14.2. The van der Waals surface area contributed by atoms with Crippen LogP contribution in [0.15, 0.2) is 46.9 Å². The van der Waals surface area contributed by atoms with Crippen LogP contribution in [-0.4, -0.2) is 6.54 Å². The van der Waals surface area contributed by atoms with Crippen LogP contribution in [0.25, 0.3) is 21.9 Å². The molecule has 0 saturated carbocycles. The van der Waals surface area contributed by atoms with Gasteiger partial charge in [0.25, 0.3) is 0 Å². The highest BCUT2D eigenvalue weighted by Crippen LogP contribution is 2.31. The first-order valence-electron chi connectivity index (χ1n) is 7.83. The van der Waals surface area contributed by atoms with E-state index in [9.17, 15) is 0 Å². The molecule has 1 N–H and O–H groups in total. The van der Waals surface area contributed by atoms with Gasteiger partial charge in [0.15, 0.2) is 0 Å². The van der Waals surface area contributed by atoms with E-state index in [1.54, 1.807) is 0 Å². The van der Waals surface area contributed by atoms with E-state index in [1.165, 1.54) is 16.3 Å². The summed E-state index contributed by atoms with van der Waals surface area (Å²) in [4.78, 5) is 0. The van der Waals surface area contributed by atoms with Gasteiger partial charge in [-0.15, -0.1) is 0 Å². The molecule has 2 heteroatoms. The molecule has 3 rings (SSSR count). The number of hydrogen-bond donors (Lipinski definition) is 1. The molecule has 0 bridgehead atoms. The minimum absolute atomic E-state index is 0.410. The lowest BCUT2D eigenvalue weighted by molar-refractivity contribution is 0.439. The van der Waals surface area contributed by atoms with E-state index in [0.717, 1.165) is 24.1 Å². The topological polar surface area (TPSA) is 25.2 Å². The van der Waals surface area contributed by atoms with Crippen LogP contribution in [-0.2, 0) is 0 Å². The second kappa shape index (κ2) is 5.90. The Kier molecular flexibility index (Phi) is 3.98. The molecule has 21 heavy (non-hydrogen) atoms. The van der Waals surface area contributed by atoms with Gasteiger partial charge in [-0.3, -0.25) is 0 Å². The summed E-state index contributed by atoms with van der Waals surface area (Å²) in [5.41, 5.74) is 3.29. The Balaban J connectivity index is 2.07. The summed E-state index contributed by atoms with van der Waals surface area (Å²) in [5.74, 6) is 0.672. The number of nitrogens with one attached hydrogen (secondary N) is 1. The smallest absolute Gasteiger partial charge is 0.135 e. The number of para-hydroxylation sites is 1. The molecular weight excluding hydrogens is 258 g/mol. The molecule has 1 heterocycles. The van der Waals surface area contributed by atoms with Crippen molar-refractivity contribution in [2.45, 2.75) is 33.2 Å². The Labute approximate surface area is 126 Å². The molecule has 0 aliphatic heterocycles. The van der Waals surface area contributed by atoms with Crippen LogP contribution in [0, 0.1) is 5.92 Å². The molecule has 1 atom stereocenters. The van der Waals surface area contributed by atoms with Crippen molar-refractivity contribution in [3.8, 4) is 0 Å². The predicted molar refractivity (Wildman–Crippen MR) is 89.6 cm³/mol. The highest BCUT2D eigenvalue weighted by atomic mass is 16.3. The quantitative estimate of drug-likeness (QED) is 0.688. The molecule has 2 aromatic carbocycles. The van der Waals surface area contributed by atoms with Crippen LogP contribution in [0.5, 0.6) is 0 Å². The number of hydrogen-bond acceptors (Lipinski definition) is 2. The summed E-state index contributed by atoms with van der Waals surface area (Å²) in [6, 6.07) is 15.3. The van der Waals surface area contributed by atoms with Crippen LogP contribution < -0.4 is 5.32 Å². The number of fused-ring (bicyclic) bond motifs is 3. The van der Waals surface area contributed by atoms with Gasteiger partial charge < -0.3 is 9.73 Å². The first-order valence-corrected chi connectivity index (χ1v) is 7.83. The van der Waals surface area contributed by atoms with E-state index in [2.05, 4.69) is 56.4 Å². The third-order valence-corrected chi connectivity index (χ3v) is 3.96. The number of furan rings is 1. The third kappa shape index (κ3) is 2.81. The molecule has 0 aliphatic rings. The normalized spacial score (nSPS) is 13.3. The maximum absolute atomic E-state index is 5.91. The fourth-order valence-corrected chi connectivity index (χ4v) is 3.02. The van der Waals surface area contributed by atoms with Crippen molar-refractivity contribution >= 4 is 21.9 Å². The van der Waals surface area contributed by atoms with Crippen LogP contribution in [0.4, 0.5) is 0 Å². The van der Waals surface area contributed by atoms with Gasteiger partial charge in [0.2, 0.25) is 0 Å². The minimum atomic E-state index is 0.410. The largest absolute Gasteiger partial charge is 0.456 e. The predicted octanol–water partition coefficient (Wildman–Crippen LogP) is 5.28. The van der Waals surface area contributed by atoms with Crippen molar-refractivity contribution < 1.29 is 4.42 Å². The van der Waals surface area contributed by atoms with Crippen LogP contribution in [0.3, 0.4) is 0 Å². The van der Waals surface area contributed by atoms with Gasteiger partial charge in [-0.1, -0.05) is 45.0 Å². The molecule has 2 nitrogen and oxygen atoms in total. The Hall–Kier alpha value is -1.80. The van der Waals surface area contributed by atoms with Gasteiger partial charge in [0.1, 0.15) is 11.2 Å². The lowest BCUT2D eigenvalue weighted by Crippen LogP contribution is -2.22. The minimum Gasteiger partial charge on any atom is -0.456 e. The summed E-state index contributed by atoms with van der Waals surface area (Å²) < 4.78 is 5.91. The Bertz CT molecular complexity index is 741. The zero-order chi connectivity index (χ0) is 14.8. The van der Waals surface area contributed by atoms with Gasteiger partial charge in [-0.2, -0.15) is 0 Å². The van der Waals surface area contributed by atoms with Crippen LogP contribution in [0.2, 0.25) is 0 Å². The standard InChI is InChI=1S/C19H23NO/c1-4-20-17(11-13(2)3)14-9-10-19-16(12-14)15-7-5-6-8-18(15)21-19/h5-10,12-13,17,20H,4,11H2,1-3H3. The van der Waals surface area contributed by atoms with E-state index >= 15 is 0 Å². The molecule has 0 saturated heterocycles. The Morgan fingerprint density at radius 2 is 1.76 bits per heavy atom. The van der Waals surface area contributed by atoms with Crippen molar-refractivity contribution in [3.05, 3.63) is 48.0 Å². The van der Waals surface area contributed by atoms with Crippen molar-refractivity contribution in [2.75, 3.05) is 6.54 Å². The molecule has 1 aromatic heterocycles. The zero-order valence-corrected chi connectivity index (χ0v) is 13.0. The number of rotatable bonds is 5. The maximum atomic E-state index is 5.91. The SMILES string of the molecule is CCNC(CC(C)C)c1ccc2oc3ccccc3c2c1. The van der Waals surface area contributed by atoms with Gasteiger partial charge in [0.05, 0.1) is 0 Å². The molecule has 0 spiro atoms. The van der Waals surface area contributed by atoms with Gasteiger partial charge >= 0.3 is 0 Å². The van der Waals surface area contributed by atoms with Crippen molar-refractivity contribution in [1.29, 1.82) is 0 Å². The summed E-state index contributed by atoms with van der Waals surface area (Å²) in [6.45, 7) is 7.70. The fourth-order valence-electron chi connectivity index (χ4n) is 3.02. The zero-order valence-electron chi connectivity index (χ0n) is 13.0. The highest BCUT2D eigenvalue weighted by molar-refractivity contribution is 6.05. The van der Waals surface area contributed by atoms with E-state index in [0.29, 0.717) is 12.0 Å². The molecule has 0 aliphatic carbocycles. The first-order chi connectivity index (χ1) is 10.2. The highest BCUT2D eigenvalue weighted by Gasteiger charge is 2.14. The molecular formula is C19H23NO. The van der Waals surface area contributed by atoms with E-state index < -0.39 is 0 Å². The summed E-state index contributed by atoms with van der Waals surface area (Å²) in [5, 5.41) is 6.02. The second-order valence-corrected chi connectivity index (χ2v) is 6.09. The fraction of sp³-hybridized carbons (Fsp3) is 0.368. The van der Waals surface area contributed by atoms with Gasteiger partial charge in [0, 0.05) is 16.8 Å². The van der Waals surface area contributed by atoms with Crippen molar-refractivity contribution in [1.82, 2.24) is 5.32 Å². The lowest BCUT2D eigenvalue weighted by Gasteiger charge is -2.20. The van der Waals surface area contributed by atoms with E-state index in [4.69, 9.17) is 4.42 Å². The average Bonchev–Trinajstić information content (AvgIpc) is 2.84. The van der Waals surface area contributed by atoms with E-state index in [-0.39, 0.29) is 0 Å². The average molecular weight is 281 g/mol. The van der Waals surface area contributed by atoms with Gasteiger partial charge in [-0.25, -0.2) is 0 Å². The Morgan fingerprint density at radius 1 is 1.00 bits per heavy atom. The van der Waals surface area contributed by atoms with Crippen LogP contribution in [0.1, 0.15) is 38.8 Å². The van der Waals surface area contributed by atoms with E-state index in [1.807, 2.05) is 12.1 Å². The molecule has 110 valence electrons. The van der Waals surface area contributed by atoms with Crippen molar-refractivity contribution in [3.63, 3.8) is 0 Å². The molecule has 1 unspecified atom stereocenters. The molecule has 0 radical (unpaired) electrons. The van der Waals surface area contributed by atoms with Gasteiger partial charge in [-0.05, 0) is 42.6 Å². The lowest BCUT2D eigenvalue weighted by atomic mass is 9.95. The third-order valence-electron chi connectivity index (χ3n) is 3.96. The van der Waals surface area contributed by atoms with Crippen molar-refractivity contribution in [2.24, 2.45) is 5.92 Å². The molecule has 0 fully saturated rings. The molecule has 0 amide bonds. The summed E-state index contributed by atoms with van der Waals surface area (Å²) >= 11 is 0. The molecule has 3 aromatic rings.